The Morgan fingerprint density at radius 2 is 2.00 bits per heavy atom. The van der Waals surface area contributed by atoms with Crippen LogP contribution in [-0.2, 0) is 11.2 Å². The van der Waals surface area contributed by atoms with Gasteiger partial charge in [-0.15, -0.1) is 0 Å². The average molecular weight is 263 g/mol. The number of amides is 1. The Hall–Kier alpha value is -1.62. The van der Waals surface area contributed by atoms with Crippen molar-refractivity contribution in [2.45, 2.75) is 31.7 Å². The molecule has 3 N–H and O–H groups in total. The third-order valence-corrected chi connectivity index (χ3v) is 3.79. The van der Waals surface area contributed by atoms with E-state index in [1.165, 1.54) is 6.07 Å². The average Bonchev–Trinajstić information content (AvgIpc) is 2.41. The molecule has 2 aliphatic heterocycles. The fourth-order valence-electron chi connectivity index (χ4n) is 2.70. The summed E-state index contributed by atoms with van der Waals surface area (Å²) in [6.07, 6.45) is 3.03. The zero-order chi connectivity index (χ0) is 13.2. The molecule has 1 amide bonds. The normalized spacial score (nSPS) is 19.7. The van der Waals surface area contributed by atoms with E-state index in [0.29, 0.717) is 24.6 Å². The maximum absolute atomic E-state index is 14.0. The second-order valence-corrected chi connectivity index (χ2v) is 5.21. The fraction of sp³-hybridized carbons (Fsp3) is 0.500. The Bertz CT molecular complexity index is 498. The summed E-state index contributed by atoms with van der Waals surface area (Å²) >= 11 is 0. The minimum Gasteiger partial charge on any atom is -0.380 e. The SMILES string of the molecule is O=C1CCc2cc(F)c(NC3CCNCC3)cc2N1. The van der Waals surface area contributed by atoms with Crippen molar-refractivity contribution >= 4 is 17.3 Å². The van der Waals surface area contributed by atoms with Gasteiger partial charge in [0.1, 0.15) is 5.82 Å². The Morgan fingerprint density at radius 3 is 2.79 bits per heavy atom. The number of carbonyl (C=O) groups excluding carboxylic acids is 1. The van der Waals surface area contributed by atoms with Crippen LogP contribution in [-0.4, -0.2) is 25.0 Å². The molecule has 0 radical (unpaired) electrons. The first-order valence-electron chi connectivity index (χ1n) is 6.82. The molecule has 0 aromatic heterocycles. The number of piperidine rings is 1. The molecule has 3 rings (SSSR count). The highest BCUT2D eigenvalue weighted by molar-refractivity contribution is 5.94. The van der Waals surface area contributed by atoms with Crippen molar-refractivity contribution < 1.29 is 9.18 Å². The van der Waals surface area contributed by atoms with Crippen LogP contribution in [0.2, 0.25) is 0 Å². The summed E-state index contributed by atoms with van der Waals surface area (Å²) in [6.45, 7) is 1.92. The quantitative estimate of drug-likeness (QED) is 0.763. The number of hydrogen-bond acceptors (Lipinski definition) is 3. The van der Waals surface area contributed by atoms with Gasteiger partial charge in [0.25, 0.3) is 0 Å². The lowest BCUT2D eigenvalue weighted by atomic mass is 10.0. The lowest BCUT2D eigenvalue weighted by molar-refractivity contribution is -0.116. The lowest BCUT2D eigenvalue weighted by Gasteiger charge is -2.26. The summed E-state index contributed by atoms with van der Waals surface area (Å²) in [6, 6.07) is 3.56. The molecule has 0 bridgehead atoms. The van der Waals surface area contributed by atoms with E-state index in [4.69, 9.17) is 0 Å². The van der Waals surface area contributed by atoms with Crippen LogP contribution < -0.4 is 16.0 Å². The fourth-order valence-corrected chi connectivity index (χ4v) is 2.70. The van der Waals surface area contributed by atoms with Crippen LogP contribution in [0.25, 0.3) is 0 Å². The molecule has 102 valence electrons. The van der Waals surface area contributed by atoms with Crippen LogP contribution in [0.15, 0.2) is 12.1 Å². The number of nitrogens with one attached hydrogen (secondary N) is 3. The molecule has 1 aromatic carbocycles. The minimum atomic E-state index is -0.228. The highest BCUT2D eigenvalue weighted by Crippen LogP contribution is 2.29. The number of rotatable bonds is 2. The summed E-state index contributed by atoms with van der Waals surface area (Å²) in [4.78, 5) is 11.4. The number of fused-ring (bicyclic) bond motifs is 1. The topological polar surface area (TPSA) is 53.2 Å². The molecule has 0 unspecified atom stereocenters. The predicted molar refractivity (Wildman–Crippen MR) is 72.9 cm³/mol. The number of halogens is 1. The largest absolute Gasteiger partial charge is 0.380 e. The highest BCUT2D eigenvalue weighted by atomic mass is 19.1. The van der Waals surface area contributed by atoms with Gasteiger partial charge in [0, 0.05) is 18.2 Å². The highest BCUT2D eigenvalue weighted by Gasteiger charge is 2.19. The monoisotopic (exact) mass is 263 g/mol. The second-order valence-electron chi connectivity index (χ2n) is 5.21. The molecule has 0 aliphatic carbocycles. The maximum atomic E-state index is 14.0. The summed E-state index contributed by atoms with van der Waals surface area (Å²) in [7, 11) is 0. The Morgan fingerprint density at radius 1 is 1.21 bits per heavy atom. The van der Waals surface area contributed by atoms with Gasteiger partial charge in [-0.3, -0.25) is 4.79 Å². The van der Waals surface area contributed by atoms with Crippen LogP contribution >= 0.6 is 0 Å². The van der Waals surface area contributed by atoms with Crippen molar-refractivity contribution in [1.82, 2.24) is 5.32 Å². The first kappa shape index (κ1) is 12.4. The predicted octanol–water partition coefficient (Wildman–Crippen LogP) is 1.87. The molecule has 0 saturated carbocycles. The van der Waals surface area contributed by atoms with Gasteiger partial charge in [-0.05, 0) is 50.0 Å². The van der Waals surface area contributed by atoms with E-state index in [2.05, 4.69) is 16.0 Å². The van der Waals surface area contributed by atoms with Crippen molar-refractivity contribution in [3.05, 3.63) is 23.5 Å². The van der Waals surface area contributed by atoms with Gasteiger partial charge in [-0.25, -0.2) is 4.39 Å². The molecule has 5 heteroatoms. The molecule has 2 aliphatic rings. The van der Waals surface area contributed by atoms with Gasteiger partial charge in [0.05, 0.1) is 5.69 Å². The summed E-state index contributed by atoms with van der Waals surface area (Å²) in [5.74, 6) is -0.222. The van der Waals surface area contributed by atoms with Crippen molar-refractivity contribution in [2.24, 2.45) is 0 Å². The van der Waals surface area contributed by atoms with Crippen LogP contribution in [0.3, 0.4) is 0 Å². The number of aryl methyl sites for hydroxylation is 1. The molecule has 1 saturated heterocycles. The zero-order valence-electron chi connectivity index (χ0n) is 10.8. The molecule has 19 heavy (non-hydrogen) atoms. The first-order chi connectivity index (χ1) is 9.22. The van der Waals surface area contributed by atoms with Gasteiger partial charge in [0.15, 0.2) is 0 Å². The maximum Gasteiger partial charge on any atom is 0.224 e. The van der Waals surface area contributed by atoms with Crippen molar-refractivity contribution in [2.75, 3.05) is 23.7 Å². The Balaban J connectivity index is 1.80. The third-order valence-electron chi connectivity index (χ3n) is 3.79. The molecule has 0 atom stereocenters. The van der Waals surface area contributed by atoms with Crippen LogP contribution in [0.4, 0.5) is 15.8 Å². The van der Waals surface area contributed by atoms with Gasteiger partial charge in [-0.2, -0.15) is 0 Å². The standard InChI is InChI=1S/C14H18FN3O/c15-11-7-9-1-2-14(19)18-12(9)8-13(11)17-10-3-5-16-6-4-10/h7-8,10,16-17H,1-6H2,(H,18,19). The molecule has 4 nitrogen and oxygen atoms in total. The Labute approximate surface area is 111 Å². The van der Waals surface area contributed by atoms with E-state index in [9.17, 15) is 9.18 Å². The summed E-state index contributed by atoms with van der Waals surface area (Å²) < 4.78 is 14.0. The van der Waals surface area contributed by atoms with Gasteiger partial charge in [-0.1, -0.05) is 0 Å². The van der Waals surface area contributed by atoms with Crippen LogP contribution in [0, 0.1) is 5.82 Å². The molecular formula is C14H18FN3O. The minimum absolute atomic E-state index is 0.00641. The molecule has 0 spiro atoms. The van der Waals surface area contributed by atoms with Crippen molar-refractivity contribution in [3.63, 3.8) is 0 Å². The van der Waals surface area contributed by atoms with Gasteiger partial charge >= 0.3 is 0 Å². The second kappa shape index (κ2) is 5.17. The van der Waals surface area contributed by atoms with Gasteiger partial charge < -0.3 is 16.0 Å². The molecular weight excluding hydrogens is 245 g/mol. The molecule has 1 aromatic rings. The zero-order valence-corrected chi connectivity index (χ0v) is 10.8. The van der Waals surface area contributed by atoms with Crippen molar-refractivity contribution in [3.8, 4) is 0 Å². The van der Waals surface area contributed by atoms with E-state index < -0.39 is 0 Å². The van der Waals surface area contributed by atoms with Crippen LogP contribution in [0.5, 0.6) is 0 Å². The summed E-state index contributed by atoms with van der Waals surface area (Å²) in [5.41, 5.74) is 2.12. The van der Waals surface area contributed by atoms with E-state index in [-0.39, 0.29) is 11.7 Å². The number of benzene rings is 1. The van der Waals surface area contributed by atoms with E-state index >= 15 is 0 Å². The first-order valence-corrected chi connectivity index (χ1v) is 6.82. The van der Waals surface area contributed by atoms with E-state index in [1.54, 1.807) is 6.07 Å². The lowest BCUT2D eigenvalue weighted by Crippen LogP contribution is -2.35. The van der Waals surface area contributed by atoms with E-state index in [0.717, 1.165) is 37.2 Å². The van der Waals surface area contributed by atoms with Gasteiger partial charge in [0.2, 0.25) is 5.91 Å². The third kappa shape index (κ3) is 2.71. The van der Waals surface area contributed by atoms with Crippen molar-refractivity contribution in [1.29, 1.82) is 0 Å². The molecule has 1 fully saturated rings. The number of hydrogen-bond donors (Lipinski definition) is 3. The summed E-state index contributed by atoms with van der Waals surface area (Å²) in [5, 5.41) is 9.33. The molecule has 2 heterocycles. The number of anilines is 2. The number of carbonyl (C=O) groups is 1. The smallest absolute Gasteiger partial charge is 0.224 e. The van der Waals surface area contributed by atoms with Crippen LogP contribution in [0.1, 0.15) is 24.8 Å². The van der Waals surface area contributed by atoms with E-state index in [1.807, 2.05) is 0 Å². The Kier molecular flexibility index (Phi) is 3.38.